The van der Waals surface area contributed by atoms with Crippen LogP contribution in [0, 0.1) is 0 Å². The van der Waals surface area contributed by atoms with Gasteiger partial charge in [0.2, 0.25) is 0 Å². The van der Waals surface area contributed by atoms with Gasteiger partial charge in [-0.2, -0.15) is 0 Å². The summed E-state index contributed by atoms with van der Waals surface area (Å²) in [5.41, 5.74) is 0. The van der Waals surface area contributed by atoms with Gasteiger partial charge in [-0.3, -0.25) is 0 Å². The van der Waals surface area contributed by atoms with Gasteiger partial charge in [0, 0.05) is 17.5 Å². The number of ether oxygens (including phenoxy) is 2. The maximum atomic E-state index is 9.73. The molecular weight excluding hydrogens is 444 g/mol. The summed E-state index contributed by atoms with van der Waals surface area (Å²) in [5.74, 6) is 0.741. The van der Waals surface area contributed by atoms with Crippen molar-refractivity contribution in [3.63, 3.8) is 0 Å². The molecule has 2 rings (SSSR count). The van der Waals surface area contributed by atoms with Gasteiger partial charge in [0.1, 0.15) is 18.0 Å². The number of aliphatic hydroxyl groups is 1. The van der Waals surface area contributed by atoms with E-state index in [1.54, 1.807) is 0 Å². The van der Waals surface area contributed by atoms with Crippen LogP contribution in [0.4, 0.5) is 0 Å². The van der Waals surface area contributed by atoms with Crippen molar-refractivity contribution < 1.29 is 14.6 Å². The lowest BCUT2D eigenvalue weighted by Crippen LogP contribution is -2.55. The fourth-order valence-corrected chi connectivity index (χ4v) is 4.38. The monoisotopic (exact) mass is 456 g/mol. The molecule has 3 nitrogen and oxygen atoms in total. The minimum atomic E-state index is -0.426. The summed E-state index contributed by atoms with van der Waals surface area (Å²) in [6, 6.07) is 3.86. The SMILES string of the molecule is CCCOC1C(O)CC1Oc1c(Br)cc(Br)cc1Br. The van der Waals surface area contributed by atoms with Crippen molar-refractivity contribution in [2.75, 3.05) is 6.61 Å². The van der Waals surface area contributed by atoms with E-state index in [2.05, 4.69) is 47.8 Å². The van der Waals surface area contributed by atoms with Crippen molar-refractivity contribution in [1.29, 1.82) is 0 Å². The summed E-state index contributed by atoms with van der Waals surface area (Å²) >= 11 is 10.4. The Bertz CT molecular complexity index is 430. The predicted molar refractivity (Wildman–Crippen MR) is 84.6 cm³/mol. The first-order valence-electron chi connectivity index (χ1n) is 6.13. The van der Waals surface area contributed by atoms with Crippen LogP contribution in [0.3, 0.4) is 0 Å². The van der Waals surface area contributed by atoms with Crippen molar-refractivity contribution in [1.82, 2.24) is 0 Å². The average Bonchev–Trinajstić information content (AvgIpc) is 2.32. The van der Waals surface area contributed by atoms with Crippen LogP contribution in [0.25, 0.3) is 0 Å². The Morgan fingerprint density at radius 1 is 1.26 bits per heavy atom. The lowest BCUT2D eigenvalue weighted by Gasteiger charge is -2.41. The maximum absolute atomic E-state index is 9.73. The normalized spacial score (nSPS) is 26.1. The van der Waals surface area contributed by atoms with Gasteiger partial charge in [-0.05, 0) is 50.4 Å². The van der Waals surface area contributed by atoms with E-state index in [0.717, 1.165) is 25.6 Å². The lowest BCUT2D eigenvalue weighted by atomic mass is 9.88. The van der Waals surface area contributed by atoms with Crippen LogP contribution in [0.15, 0.2) is 25.6 Å². The zero-order valence-corrected chi connectivity index (χ0v) is 15.2. The first kappa shape index (κ1) is 15.8. The van der Waals surface area contributed by atoms with Crippen molar-refractivity contribution in [2.45, 2.75) is 38.1 Å². The molecule has 106 valence electrons. The first-order valence-corrected chi connectivity index (χ1v) is 8.51. The van der Waals surface area contributed by atoms with Crippen LogP contribution in [-0.4, -0.2) is 30.0 Å². The van der Waals surface area contributed by atoms with Crippen LogP contribution >= 0.6 is 47.8 Å². The number of halogens is 3. The molecule has 1 aromatic carbocycles. The standard InChI is InChI=1S/C13H15Br3O3/c1-2-3-18-13-10(17)6-11(13)19-12-8(15)4-7(14)5-9(12)16/h4-5,10-11,13,17H,2-3,6H2,1H3. The molecule has 1 aromatic rings. The summed E-state index contributed by atoms with van der Waals surface area (Å²) in [6.45, 7) is 2.69. The Morgan fingerprint density at radius 2 is 1.89 bits per heavy atom. The van der Waals surface area contributed by atoms with E-state index in [1.807, 2.05) is 19.1 Å². The molecule has 6 heteroatoms. The second-order valence-electron chi connectivity index (χ2n) is 4.49. The summed E-state index contributed by atoms with van der Waals surface area (Å²) in [7, 11) is 0. The second kappa shape index (κ2) is 6.89. The van der Waals surface area contributed by atoms with Gasteiger partial charge in [0.25, 0.3) is 0 Å². The van der Waals surface area contributed by atoms with E-state index < -0.39 is 6.10 Å². The van der Waals surface area contributed by atoms with Crippen molar-refractivity contribution in [2.24, 2.45) is 0 Å². The van der Waals surface area contributed by atoms with Crippen LogP contribution < -0.4 is 4.74 Å². The number of aliphatic hydroxyl groups excluding tert-OH is 1. The number of hydrogen-bond donors (Lipinski definition) is 1. The smallest absolute Gasteiger partial charge is 0.148 e. The molecule has 0 bridgehead atoms. The Labute approximate surface area is 138 Å². The average molecular weight is 459 g/mol. The molecule has 3 unspecified atom stereocenters. The molecule has 0 spiro atoms. The Hall–Kier alpha value is 0.380. The molecule has 0 saturated heterocycles. The van der Waals surface area contributed by atoms with E-state index >= 15 is 0 Å². The zero-order valence-electron chi connectivity index (χ0n) is 10.4. The number of benzene rings is 1. The third-order valence-electron chi connectivity index (χ3n) is 2.97. The Morgan fingerprint density at radius 3 is 2.42 bits per heavy atom. The van der Waals surface area contributed by atoms with Gasteiger partial charge in [0.05, 0.1) is 15.0 Å². The van der Waals surface area contributed by atoms with Gasteiger partial charge >= 0.3 is 0 Å². The minimum absolute atomic E-state index is 0.102. The van der Waals surface area contributed by atoms with Crippen LogP contribution in [0.1, 0.15) is 19.8 Å². The molecule has 1 fully saturated rings. The molecular formula is C13H15Br3O3. The largest absolute Gasteiger partial charge is 0.485 e. The Balaban J connectivity index is 2.05. The molecule has 1 aliphatic rings. The highest BCUT2D eigenvalue weighted by atomic mass is 79.9. The summed E-state index contributed by atoms with van der Waals surface area (Å²) in [6.07, 6.45) is 0.771. The molecule has 3 atom stereocenters. The van der Waals surface area contributed by atoms with E-state index in [0.29, 0.717) is 13.0 Å². The molecule has 19 heavy (non-hydrogen) atoms. The molecule has 1 saturated carbocycles. The van der Waals surface area contributed by atoms with E-state index in [9.17, 15) is 5.11 Å². The van der Waals surface area contributed by atoms with E-state index in [-0.39, 0.29) is 12.2 Å². The van der Waals surface area contributed by atoms with Crippen molar-refractivity contribution in [3.05, 3.63) is 25.6 Å². The van der Waals surface area contributed by atoms with Gasteiger partial charge in [-0.1, -0.05) is 22.9 Å². The minimum Gasteiger partial charge on any atom is -0.485 e. The summed E-state index contributed by atoms with van der Waals surface area (Å²) in [5, 5.41) is 9.73. The van der Waals surface area contributed by atoms with E-state index in [4.69, 9.17) is 9.47 Å². The van der Waals surface area contributed by atoms with Crippen LogP contribution in [-0.2, 0) is 4.74 Å². The third kappa shape index (κ3) is 3.73. The van der Waals surface area contributed by atoms with Crippen LogP contribution in [0.5, 0.6) is 5.75 Å². The first-order chi connectivity index (χ1) is 9.02. The van der Waals surface area contributed by atoms with E-state index in [1.165, 1.54) is 0 Å². The Kier molecular flexibility index (Phi) is 5.72. The van der Waals surface area contributed by atoms with Crippen molar-refractivity contribution in [3.8, 4) is 5.75 Å². The van der Waals surface area contributed by atoms with Gasteiger partial charge < -0.3 is 14.6 Å². The second-order valence-corrected chi connectivity index (χ2v) is 7.12. The number of hydrogen-bond acceptors (Lipinski definition) is 3. The third-order valence-corrected chi connectivity index (χ3v) is 4.60. The topological polar surface area (TPSA) is 38.7 Å². The van der Waals surface area contributed by atoms with Crippen molar-refractivity contribution >= 4 is 47.8 Å². The maximum Gasteiger partial charge on any atom is 0.148 e. The summed E-state index contributed by atoms with van der Waals surface area (Å²) < 4.78 is 14.3. The lowest BCUT2D eigenvalue weighted by molar-refractivity contribution is -0.162. The quantitative estimate of drug-likeness (QED) is 0.715. The fourth-order valence-electron chi connectivity index (χ4n) is 1.94. The predicted octanol–water partition coefficient (Wildman–Crippen LogP) is 4.28. The zero-order chi connectivity index (χ0) is 14.0. The van der Waals surface area contributed by atoms with Gasteiger partial charge in [0.15, 0.2) is 0 Å². The molecule has 1 N–H and O–H groups in total. The molecule has 0 amide bonds. The highest BCUT2D eigenvalue weighted by Gasteiger charge is 2.43. The highest BCUT2D eigenvalue weighted by molar-refractivity contribution is 9.11. The van der Waals surface area contributed by atoms with Gasteiger partial charge in [-0.15, -0.1) is 0 Å². The number of rotatable bonds is 5. The summed E-state index contributed by atoms with van der Waals surface area (Å²) in [4.78, 5) is 0. The molecule has 0 heterocycles. The van der Waals surface area contributed by atoms with Crippen LogP contribution in [0.2, 0.25) is 0 Å². The molecule has 0 radical (unpaired) electrons. The molecule has 0 aromatic heterocycles. The molecule has 0 aliphatic heterocycles. The molecule has 1 aliphatic carbocycles. The highest BCUT2D eigenvalue weighted by Crippen LogP contribution is 2.39. The fraction of sp³-hybridized carbons (Fsp3) is 0.538. The van der Waals surface area contributed by atoms with Gasteiger partial charge in [-0.25, -0.2) is 0 Å².